The van der Waals surface area contributed by atoms with Crippen LogP contribution in [0, 0.1) is 44.3 Å². The van der Waals surface area contributed by atoms with Gasteiger partial charge in [0.25, 0.3) is 0 Å². The van der Waals surface area contributed by atoms with Crippen molar-refractivity contribution in [3.63, 3.8) is 0 Å². The summed E-state index contributed by atoms with van der Waals surface area (Å²) in [5.41, 5.74) is 0.719. The average molecular weight is 499 g/mol. The normalized spacial score (nSPS) is 49.6. The zero-order chi connectivity index (χ0) is 26.5. The van der Waals surface area contributed by atoms with Crippen LogP contribution in [0.3, 0.4) is 0 Å². The molecule has 0 saturated heterocycles. The first-order valence-electron chi connectivity index (χ1n) is 14.0. The number of carbonyl (C=O) groups is 2. The molecule has 0 aromatic carbocycles. The fourth-order valence-electron chi connectivity index (χ4n) is 10.1. The number of ketones is 1. The Morgan fingerprint density at radius 3 is 2.25 bits per heavy atom. The molecule has 0 heterocycles. The third-order valence-electron chi connectivity index (χ3n) is 12.7. The molecule has 0 aromatic rings. The molecule has 3 saturated carbocycles. The summed E-state index contributed by atoms with van der Waals surface area (Å²) < 4.78 is 5.80. The standard InChI is InChI=1S/C31H46O5/c1-26(2)22-8-11-31(7)24(29(22,5)10-9-23(26)36-18-32)21(33)16-19-20-17-28(4,25(34)35)13-12-27(20,3)14-15-30(19,31)6/h16-17,22-24,32H,8-15,18H2,1-7H3,(H,34,35)/t22-,23+,24+,27-,28+,29+,30-,31-/m1/s1. The van der Waals surface area contributed by atoms with Crippen molar-refractivity contribution < 1.29 is 24.5 Å². The lowest BCUT2D eigenvalue weighted by Gasteiger charge is -2.69. The van der Waals surface area contributed by atoms with Crippen molar-refractivity contribution in [2.24, 2.45) is 44.3 Å². The summed E-state index contributed by atoms with van der Waals surface area (Å²) >= 11 is 0. The van der Waals surface area contributed by atoms with E-state index in [-0.39, 0.29) is 51.7 Å². The maximum absolute atomic E-state index is 14.3. The number of fused-ring (bicyclic) bond motifs is 7. The molecule has 8 atom stereocenters. The summed E-state index contributed by atoms with van der Waals surface area (Å²) in [5, 5.41) is 19.5. The van der Waals surface area contributed by atoms with E-state index in [4.69, 9.17) is 4.74 Å². The van der Waals surface area contributed by atoms with Gasteiger partial charge in [-0.05, 0) is 109 Å². The molecule has 0 radical (unpaired) electrons. The summed E-state index contributed by atoms with van der Waals surface area (Å²) in [6.07, 6.45) is 11.4. The summed E-state index contributed by atoms with van der Waals surface area (Å²) in [5.74, 6) is -0.254. The Balaban J connectivity index is 1.63. The molecule has 5 aliphatic rings. The lowest BCUT2D eigenvalue weighted by atomic mass is 9.34. The molecule has 0 aromatic heterocycles. The third-order valence-corrected chi connectivity index (χ3v) is 12.7. The van der Waals surface area contributed by atoms with Gasteiger partial charge in [0, 0.05) is 5.92 Å². The summed E-state index contributed by atoms with van der Waals surface area (Å²) in [7, 11) is 0. The van der Waals surface area contributed by atoms with E-state index in [0.717, 1.165) is 56.1 Å². The highest BCUT2D eigenvalue weighted by atomic mass is 16.6. The third kappa shape index (κ3) is 3.14. The van der Waals surface area contributed by atoms with Crippen LogP contribution in [-0.4, -0.2) is 34.9 Å². The number of hydrogen-bond donors (Lipinski definition) is 2. The molecule has 0 bridgehead atoms. The van der Waals surface area contributed by atoms with Crippen LogP contribution in [0.25, 0.3) is 0 Å². The van der Waals surface area contributed by atoms with E-state index < -0.39 is 11.4 Å². The van der Waals surface area contributed by atoms with E-state index in [2.05, 4.69) is 41.5 Å². The molecule has 5 heteroatoms. The van der Waals surface area contributed by atoms with Crippen LogP contribution < -0.4 is 0 Å². The SMILES string of the molecule is CC1(C)[C@@H](OCO)CC[C@@]2(C)[C@@H]1CC[C@]1(C)[C@H]2C(=O)C=C2C3=C[C@@](C)(C(=O)O)CC[C@]3(C)CC[C@]21C. The number of aliphatic hydroxyl groups excluding tert-OH is 1. The van der Waals surface area contributed by atoms with Gasteiger partial charge in [-0.25, -0.2) is 0 Å². The largest absolute Gasteiger partial charge is 0.481 e. The van der Waals surface area contributed by atoms with Gasteiger partial charge in [0.05, 0.1) is 11.5 Å². The molecular weight excluding hydrogens is 452 g/mol. The minimum atomic E-state index is -0.881. The van der Waals surface area contributed by atoms with Gasteiger partial charge >= 0.3 is 5.97 Å². The number of carboxylic acids is 1. The van der Waals surface area contributed by atoms with Crippen molar-refractivity contribution in [2.45, 2.75) is 106 Å². The molecule has 0 aliphatic heterocycles. The number of rotatable bonds is 3. The fourth-order valence-corrected chi connectivity index (χ4v) is 10.1. The van der Waals surface area contributed by atoms with Crippen molar-refractivity contribution in [2.75, 3.05) is 6.79 Å². The topological polar surface area (TPSA) is 83.8 Å². The van der Waals surface area contributed by atoms with Gasteiger partial charge in [0.2, 0.25) is 0 Å². The molecule has 5 nitrogen and oxygen atoms in total. The lowest BCUT2D eigenvalue weighted by Crippen LogP contribution is -2.66. The number of carboxylic acid groups (broad SMARTS) is 1. The maximum atomic E-state index is 14.3. The van der Waals surface area contributed by atoms with E-state index in [0.29, 0.717) is 12.3 Å². The molecule has 5 aliphatic carbocycles. The average Bonchev–Trinajstić information content (AvgIpc) is 2.78. The lowest BCUT2D eigenvalue weighted by molar-refractivity contribution is -0.215. The number of aliphatic carboxylic acids is 1. The predicted molar refractivity (Wildman–Crippen MR) is 139 cm³/mol. The Bertz CT molecular complexity index is 1060. The van der Waals surface area contributed by atoms with Crippen molar-refractivity contribution in [3.8, 4) is 0 Å². The zero-order valence-electron chi connectivity index (χ0n) is 23.4. The summed E-state index contributed by atoms with van der Waals surface area (Å²) in [4.78, 5) is 26.5. The number of aliphatic hydroxyl groups is 1. The van der Waals surface area contributed by atoms with E-state index in [1.807, 2.05) is 19.1 Å². The Hall–Kier alpha value is -1.46. The van der Waals surface area contributed by atoms with Gasteiger partial charge in [0.1, 0.15) is 6.79 Å². The Morgan fingerprint density at radius 1 is 0.944 bits per heavy atom. The first-order valence-corrected chi connectivity index (χ1v) is 14.0. The van der Waals surface area contributed by atoms with E-state index in [1.54, 1.807) is 0 Å². The van der Waals surface area contributed by atoms with Crippen LogP contribution in [0.15, 0.2) is 23.3 Å². The second-order valence-electron chi connectivity index (χ2n) is 14.7. The second-order valence-corrected chi connectivity index (χ2v) is 14.7. The summed E-state index contributed by atoms with van der Waals surface area (Å²) in [6, 6.07) is 0. The molecule has 2 N–H and O–H groups in total. The second kappa shape index (κ2) is 7.79. The van der Waals surface area contributed by atoms with Gasteiger partial charge in [0.15, 0.2) is 5.78 Å². The number of hydrogen-bond acceptors (Lipinski definition) is 4. The first-order chi connectivity index (χ1) is 16.6. The van der Waals surface area contributed by atoms with Gasteiger partial charge in [-0.15, -0.1) is 0 Å². The molecule has 5 rings (SSSR count). The molecule has 36 heavy (non-hydrogen) atoms. The smallest absolute Gasteiger partial charge is 0.313 e. The summed E-state index contributed by atoms with van der Waals surface area (Å²) in [6.45, 7) is 15.5. The Kier molecular flexibility index (Phi) is 5.66. The van der Waals surface area contributed by atoms with Crippen LogP contribution >= 0.6 is 0 Å². The zero-order valence-corrected chi connectivity index (χ0v) is 23.4. The van der Waals surface area contributed by atoms with Crippen LogP contribution in [0.5, 0.6) is 0 Å². The first kappa shape index (κ1) is 26.2. The minimum absolute atomic E-state index is 0.00166. The Morgan fingerprint density at radius 2 is 1.61 bits per heavy atom. The Labute approximate surface area is 216 Å². The molecule has 3 fully saturated rings. The minimum Gasteiger partial charge on any atom is -0.481 e. The van der Waals surface area contributed by atoms with Crippen LogP contribution in [0.4, 0.5) is 0 Å². The van der Waals surface area contributed by atoms with Crippen LogP contribution in [-0.2, 0) is 14.3 Å². The highest BCUT2D eigenvalue weighted by Gasteiger charge is 2.69. The quantitative estimate of drug-likeness (QED) is 0.446. The van der Waals surface area contributed by atoms with Crippen molar-refractivity contribution in [3.05, 3.63) is 23.3 Å². The number of ether oxygens (including phenoxy) is 1. The number of allylic oxidation sites excluding steroid dienone is 3. The van der Waals surface area contributed by atoms with Crippen molar-refractivity contribution >= 4 is 11.8 Å². The monoisotopic (exact) mass is 498 g/mol. The van der Waals surface area contributed by atoms with Gasteiger partial charge in [-0.3, -0.25) is 9.59 Å². The molecule has 0 unspecified atom stereocenters. The van der Waals surface area contributed by atoms with E-state index in [1.165, 1.54) is 0 Å². The number of carbonyl (C=O) groups excluding carboxylic acids is 1. The highest BCUT2D eigenvalue weighted by Crippen LogP contribution is 2.74. The molecule has 0 spiro atoms. The van der Waals surface area contributed by atoms with Gasteiger partial charge < -0.3 is 14.9 Å². The predicted octanol–water partition coefficient (Wildman–Crippen LogP) is 6.31. The van der Waals surface area contributed by atoms with Gasteiger partial charge in [-0.1, -0.05) is 47.6 Å². The van der Waals surface area contributed by atoms with E-state index >= 15 is 0 Å². The fraction of sp³-hybridized carbons (Fsp3) is 0.806. The molecule has 0 amide bonds. The maximum Gasteiger partial charge on any atom is 0.313 e. The van der Waals surface area contributed by atoms with Crippen molar-refractivity contribution in [1.29, 1.82) is 0 Å². The van der Waals surface area contributed by atoms with Crippen LogP contribution in [0.2, 0.25) is 0 Å². The van der Waals surface area contributed by atoms with E-state index in [9.17, 15) is 19.8 Å². The molecule has 200 valence electrons. The molecular formula is C31H46O5. The highest BCUT2D eigenvalue weighted by molar-refractivity contribution is 5.96. The van der Waals surface area contributed by atoms with Crippen LogP contribution in [0.1, 0.15) is 99.8 Å². The van der Waals surface area contributed by atoms with Crippen molar-refractivity contribution in [1.82, 2.24) is 0 Å². The van der Waals surface area contributed by atoms with Gasteiger partial charge in [-0.2, -0.15) is 0 Å².